The van der Waals surface area contributed by atoms with E-state index in [1.165, 1.54) is 6.42 Å². The van der Waals surface area contributed by atoms with Crippen molar-refractivity contribution in [1.29, 1.82) is 0 Å². The van der Waals surface area contributed by atoms with Crippen LogP contribution in [-0.2, 0) is 4.74 Å². The van der Waals surface area contributed by atoms with Crippen molar-refractivity contribution < 1.29 is 9.53 Å². The largest absolute Gasteiger partial charge is 0.444 e. The molecule has 1 fully saturated rings. The Bertz CT molecular complexity index is 436. The number of nitrogens with one attached hydrogen (secondary N) is 2. The van der Waals surface area contributed by atoms with E-state index in [0.29, 0.717) is 11.8 Å². The Hall–Kier alpha value is -0.730. The van der Waals surface area contributed by atoms with Crippen LogP contribution >= 0.6 is 24.0 Å². The predicted molar refractivity (Wildman–Crippen MR) is 119 cm³/mol. The highest BCUT2D eigenvalue weighted by molar-refractivity contribution is 14.0. The Labute approximate surface area is 176 Å². The lowest BCUT2D eigenvalue weighted by molar-refractivity contribution is 0.0162. The average molecular weight is 482 g/mol. The molecule has 0 aromatic heterocycles. The number of likely N-dealkylation sites (tertiary alicyclic amines) is 1. The molecule has 1 unspecified atom stereocenters. The summed E-state index contributed by atoms with van der Waals surface area (Å²) in [7, 11) is 1.80. The first-order valence-corrected chi connectivity index (χ1v) is 9.63. The smallest absolute Gasteiger partial charge is 0.410 e. The lowest BCUT2D eigenvalue weighted by Gasteiger charge is -2.34. The number of halogens is 1. The second-order valence-electron chi connectivity index (χ2n) is 8.33. The number of amides is 1. The Morgan fingerprint density at radius 2 is 1.92 bits per heavy atom. The van der Waals surface area contributed by atoms with Crippen LogP contribution in [-0.4, -0.2) is 55.8 Å². The average Bonchev–Trinajstić information content (AvgIpc) is 2.51. The van der Waals surface area contributed by atoms with Gasteiger partial charge in [0.15, 0.2) is 5.96 Å². The van der Waals surface area contributed by atoms with Crippen molar-refractivity contribution in [3.63, 3.8) is 0 Å². The highest BCUT2D eigenvalue weighted by Gasteiger charge is 2.27. The van der Waals surface area contributed by atoms with Gasteiger partial charge in [-0.15, -0.1) is 24.0 Å². The molecule has 6 nitrogen and oxygen atoms in total. The SMILES string of the molecule is CN=C(NCCC(C)C)NCCC1CCCN(C(=O)OC(C)(C)C)C1.I. The van der Waals surface area contributed by atoms with Crippen molar-refractivity contribution in [2.24, 2.45) is 16.8 Å². The van der Waals surface area contributed by atoms with Crippen molar-refractivity contribution in [3.05, 3.63) is 0 Å². The summed E-state index contributed by atoms with van der Waals surface area (Å²) in [6.07, 6.45) is 4.19. The van der Waals surface area contributed by atoms with Crippen LogP contribution in [0, 0.1) is 11.8 Å². The van der Waals surface area contributed by atoms with Gasteiger partial charge in [0, 0.05) is 33.2 Å². The van der Waals surface area contributed by atoms with Gasteiger partial charge in [-0.3, -0.25) is 4.99 Å². The Morgan fingerprint density at radius 3 is 2.50 bits per heavy atom. The number of aliphatic imine (C=N–C) groups is 1. The van der Waals surface area contributed by atoms with Crippen molar-refractivity contribution >= 4 is 36.0 Å². The molecular formula is C19H39IN4O2. The van der Waals surface area contributed by atoms with Gasteiger partial charge in [0.2, 0.25) is 0 Å². The van der Waals surface area contributed by atoms with E-state index >= 15 is 0 Å². The van der Waals surface area contributed by atoms with Crippen LogP contribution in [0.1, 0.15) is 60.3 Å². The summed E-state index contributed by atoms with van der Waals surface area (Å²) >= 11 is 0. The third kappa shape index (κ3) is 11.1. The molecule has 0 aromatic carbocycles. The number of piperidine rings is 1. The molecule has 0 radical (unpaired) electrons. The molecule has 154 valence electrons. The maximum Gasteiger partial charge on any atom is 0.410 e. The first kappa shape index (κ1) is 25.3. The molecule has 1 aliphatic rings. The maximum atomic E-state index is 12.2. The van der Waals surface area contributed by atoms with Crippen molar-refractivity contribution in [2.45, 2.75) is 65.9 Å². The van der Waals surface area contributed by atoms with E-state index in [-0.39, 0.29) is 30.1 Å². The van der Waals surface area contributed by atoms with Gasteiger partial charge < -0.3 is 20.3 Å². The minimum atomic E-state index is -0.431. The van der Waals surface area contributed by atoms with Gasteiger partial charge >= 0.3 is 6.09 Å². The molecule has 1 aliphatic heterocycles. The Morgan fingerprint density at radius 1 is 1.27 bits per heavy atom. The van der Waals surface area contributed by atoms with Crippen LogP contribution in [0.5, 0.6) is 0 Å². The standard InChI is InChI=1S/C19H38N4O2.HI/c1-15(2)9-11-21-17(20-6)22-12-10-16-8-7-13-23(14-16)18(24)25-19(3,4)5;/h15-16H,7-14H2,1-6H3,(H2,20,21,22);1H. The van der Waals surface area contributed by atoms with Gasteiger partial charge in [0.25, 0.3) is 0 Å². The molecule has 0 saturated carbocycles. The number of carbonyl (C=O) groups excluding carboxylic acids is 1. The summed E-state index contributed by atoms with van der Waals surface area (Å²) in [4.78, 5) is 18.3. The minimum absolute atomic E-state index is 0. The quantitative estimate of drug-likeness (QED) is 0.343. The Kier molecular flexibility index (Phi) is 12.3. The van der Waals surface area contributed by atoms with E-state index in [1.54, 1.807) is 7.05 Å². The van der Waals surface area contributed by atoms with Crippen LogP contribution < -0.4 is 10.6 Å². The maximum absolute atomic E-state index is 12.2. The molecule has 7 heteroatoms. The number of ether oxygens (including phenoxy) is 1. The van der Waals surface area contributed by atoms with E-state index in [1.807, 2.05) is 25.7 Å². The van der Waals surface area contributed by atoms with Gasteiger partial charge in [-0.25, -0.2) is 4.79 Å². The van der Waals surface area contributed by atoms with Gasteiger partial charge in [-0.2, -0.15) is 0 Å². The highest BCUT2D eigenvalue weighted by Crippen LogP contribution is 2.21. The summed E-state index contributed by atoms with van der Waals surface area (Å²) < 4.78 is 5.49. The van der Waals surface area contributed by atoms with Gasteiger partial charge in [-0.1, -0.05) is 13.8 Å². The molecule has 0 spiro atoms. The zero-order valence-electron chi connectivity index (χ0n) is 17.4. The topological polar surface area (TPSA) is 66.0 Å². The van der Waals surface area contributed by atoms with E-state index < -0.39 is 5.60 Å². The van der Waals surface area contributed by atoms with Crippen LogP contribution in [0.2, 0.25) is 0 Å². The molecule has 0 bridgehead atoms. The molecule has 1 atom stereocenters. The van der Waals surface area contributed by atoms with E-state index in [4.69, 9.17) is 4.74 Å². The fraction of sp³-hybridized carbons (Fsp3) is 0.895. The zero-order valence-corrected chi connectivity index (χ0v) is 19.8. The predicted octanol–water partition coefficient (Wildman–Crippen LogP) is 3.85. The lowest BCUT2D eigenvalue weighted by Crippen LogP contribution is -2.44. The molecule has 0 aromatic rings. The van der Waals surface area contributed by atoms with Crippen LogP contribution in [0.3, 0.4) is 0 Å². The number of hydrogen-bond acceptors (Lipinski definition) is 3. The molecule has 1 amide bonds. The van der Waals surface area contributed by atoms with Crippen molar-refractivity contribution in [2.75, 3.05) is 33.2 Å². The highest BCUT2D eigenvalue weighted by atomic mass is 127. The third-order valence-electron chi connectivity index (χ3n) is 4.25. The fourth-order valence-corrected chi connectivity index (χ4v) is 2.89. The van der Waals surface area contributed by atoms with Gasteiger partial charge in [0.1, 0.15) is 5.60 Å². The van der Waals surface area contributed by atoms with Crippen molar-refractivity contribution in [1.82, 2.24) is 15.5 Å². The second kappa shape index (κ2) is 12.6. The van der Waals surface area contributed by atoms with Crippen molar-refractivity contribution in [3.8, 4) is 0 Å². The number of hydrogen-bond donors (Lipinski definition) is 2. The summed E-state index contributed by atoms with van der Waals surface area (Å²) in [5.74, 6) is 2.06. The van der Waals surface area contributed by atoms with Gasteiger partial charge in [0.05, 0.1) is 0 Å². The first-order chi connectivity index (χ1) is 11.7. The van der Waals surface area contributed by atoms with E-state index in [2.05, 4.69) is 29.5 Å². The number of nitrogens with zero attached hydrogens (tertiary/aromatic N) is 2. The third-order valence-corrected chi connectivity index (χ3v) is 4.25. The molecule has 0 aliphatic carbocycles. The molecule has 2 N–H and O–H groups in total. The molecule has 1 saturated heterocycles. The molecular weight excluding hydrogens is 443 g/mol. The molecule has 1 heterocycles. The summed E-state index contributed by atoms with van der Waals surface area (Å²) in [5, 5.41) is 6.72. The fourth-order valence-electron chi connectivity index (χ4n) is 2.89. The normalized spacial score (nSPS) is 18.3. The van der Waals surface area contributed by atoms with Crippen LogP contribution in [0.25, 0.3) is 0 Å². The number of guanidine groups is 1. The Balaban J connectivity index is 0.00000625. The van der Waals surface area contributed by atoms with E-state index in [0.717, 1.165) is 51.4 Å². The summed E-state index contributed by atoms with van der Waals surface area (Å²) in [6, 6.07) is 0. The first-order valence-electron chi connectivity index (χ1n) is 9.63. The summed E-state index contributed by atoms with van der Waals surface area (Å²) in [6.45, 7) is 13.6. The van der Waals surface area contributed by atoms with Gasteiger partial charge in [-0.05, 0) is 58.3 Å². The summed E-state index contributed by atoms with van der Waals surface area (Å²) in [5.41, 5.74) is -0.431. The second-order valence-corrected chi connectivity index (χ2v) is 8.33. The monoisotopic (exact) mass is 482 g/mol. The lowest BCUT2D eigenvalue weighted by atomic mass is 9.95. The minimum Gasteiger partial charge on any atom is -0.444 e. The number of carbonyl (C=O) groups is 1. The molecule has 26 heavy (non-hydrogen) atoms. The molecule has 1 rings (SSSR count). The van der Waals surface area contributed by atoms with Crippen LogP contribution in [0.4, 0.5) is 4.79 Å². The van der Waals surface area contributed by atoms with Crippen LogP contribution in [0.15, 0.2) is 4.99 Å². The van der Waals surface area contributed by atoms with E-state index in [9.17, 15) is 4.79 Å². The number of rotatable bonds is 6. The zero-order chi connectivity index (χ0) is 18.9.